The van der Waals surface area contributed by atoms with Gasteiger partial charge in [0.15, 0.2) is 0 Å². The predicted molar refractivity (Wildman–Crippen MR) is 62.8 cm³/mol. The highest BCUT2D eigenvalue weighted by atomic mass is 19.0. The lowest BCUT2D eigenvalue weighted by atomic mass is 10.0. The van der Waals surface area contributed by atoms with Gasteiger partial charge in [-0.25, -0.2) is 0 Å². The fraction of sp³-hybridized carbons (Fsp3) is 0.143. The first-order valence-electron chi connectivity index (χ1n) is 5.03. The van der Waals surface area contributed by atoms with Gasteiger partial charge in [0.25, 0.3) is 0 Å². The molecule has 2 aromatic rings. The van der Waals surface area contributed by atoms with Gasteiger partial charge in [0.05, 0.1) is 0 Å². The van der Waals surface area contributed by atoms with Crippen LogP contribution in [-0.2, 0) is 12.8 Å². The molecule has 0 aliphatic rings. The molecule has 2 aromatic carbocycles. The van der Waals surface area contributed by atoms with E-state index < -0.39 is 0 Å². The Bertz CT molecular complexity index is 328. The van der Waals surface area contributed by atoms with Crippen LogP contribution in [0, 0.1) is 0 Å². The predicted octanol–water partition coefficient (Wildman–Crippen LogP) is 3.62. The third-order valence-electron chi connectivity index (χ3n) is 2.39. The standard InChI is InChI=1S/C14H14.FH/c1-3-7-13(8-4-1)11-12-14-9-5-2-6-10-14;/h1-10H,11-12H2;1H. The van der Waals surface area contributed by atoms with Crippen molar-refractivity contribution in [2.75, 3.05) is 0 Å². The average molecular weight is 202 g/mol. The monoisotopic (exact) mass is 202 g/mol. The number of benzene rings is 2. The molecule has 15 heavy (non-hydrogen) atoms. The zero-order valence-corrected chi connectivity index (χ0v) is 8.60. The van der Waals surface area contributed by atoms with E-state index in [-0.39, 0.29) is 4.70 Å². The Balaban J connectivity index is 0.00000112. The molecule has 0 aromatic heterocycles. The molecule has 0 radical (unpaired) electrons. The summed E-state index contributed by atoms with van der Waals surface area (Å²) in [5.41, 5.74) is 2.83. The molecule has 78 valence electrons. The second kappa shape index (κ2) is 5.97. The lowest BCUT2D eigenvalue weighted by Gasteiger charge is -2.01. The fourth-order valence-electron chi connectivity index (χ4n) is 1.58. The molecule has 2 rings (SSSR count). The molecular weight excluding hydrogens is 187 g/mol. The SMILES string of the molecule is F.c1ccc(CCc2ccccc2)cc1. The first-order valence-corrected chi connectivity index (χ1v) is 5.03. The molecule has 0 bridgehead atoms. The summed E-state index contributed by atoms with van der Waals surface area (Å²) in [6, 6.07) is 21.2. The number of halogens is 1. The molecule has 0 saturated carbocycles. The molecule has 0 spiro atoms. The first kappa shape index (κ1) is 11.4. The summed E-state index contributed by atoms with van der Waals surface area (Å²) in [5, 5.41) is 0. The van der Waals surface area contributed by atoms with Gasteiger partial charge in [-0.2, -0.15) is 0 Å². The second-order valence-corrected chi connectivity index (χ2v) is 3.47. The number of hydrogen-bond donors (Lipinski definition) is 0. The highest BCUT2D eigenvalue weighted by molar-refractivity contribution is 5.19. The molecule has 0 nitrogen and oxygen atoms in total. The summed E-state index contributed by atoms with van der Waals surface area (Å²) < 4.78 is 0. The highest BCUT2D eigenvalue weighted by Gasteiger charge is 1.93. The zero-order chi connectivity index (χ0) is 9.64. The van der Waals surface area contributed by atoms with Gasteiger partial charge in [-0.05, 0) is 24.0 Å². The zero-order valence-electron chi connectivity index (χ0n) is 8.60. The van der Waals surface area contributed by atoms with Crippen molar-refractivity contribution >= 4 is 0 Å². The maximum absolute atomic E-state index is 2.18. The maximum atomic E-state index is 2.18. The molecule has 0 fully saturated rings. The van der Waals surface area contributed by atoms with Crippen molar-refractivity contribution in [3.8, 4) is 0 Å². The van der Waals surface area contributed by atoms with Crippen molar-refractivity contribution < 1.29 is 4.70 Å². The molecule has 0 aliphatic heterocycles. The van der Waals surface area contributed by atoms with E-state index in [9.17, 15) is 0 Å². The van der Waals surface area contributed by atoms with Crippen LogP contribution in [0.15, 0.2) is 60.7 Å². The van der Waals surface area contributed by atoms with Crippen LogP contribution in [0.25, 0.3) is 0 Å². The van der Waals surface area contributed by atoms with E-state index in [1.165, 1.54) is 11.1 Å². The van der Waals surface area contributed by atoms with Crippen LogP contribution >= 0.6 is 0 Å². The van der Waals surface area contributed by atoms with Crippen LogP contribution in [0.5, 0.6) is 0 Å². The molecule has 0 N–H and O–H groups in total. The lowest BCUT2D eigenvalue weighted by molar-refractivity contribution is 0.960. The van der Waals surface area contributed by atoms with Gasteiger partial charge < -0.3 is 0 Å². The molecule has 0 atom stereocenters. The summed E-state index contributed by atoms with van der Waals surface area (Å²) in [4.78, 5) is 0. The van der Waals surface area contributed by atoms with Crippen LogP contribution in [-0.4, -0.2) is 0 Å². The van der Waals surface area contributed by atoms with Crippen molar-refractivity contribution in [2.45, 2.75) is 12.8 Å². The summed E-state index contributed by atoms with van der Waals surface area (Å²) in [5.74, 6) is 0. The second-order valence-electron chi connectivity index (χ2n) is 3.47. The summed E-state index contributed by atoms with van der Waals surface area (Å²) in [6.07, 6.45) is 2.26. The number of aryl methyl sites for hydroxylation is 2. The Hall–Kier alpha value is -1.63. The molecular formula is C14H15F. The third kappa shape index (κ3) is 3.55. The molecule has 0 heterocycles. The Morgan fingerprint density at radius 1 is 0.533 bits per heavy atom. The van der Waals surface area contributed by atoms with E-state index in [4.69, 9.17) is 0 Å². The van der Waals surface area contributed by atoms with Crippen molar-refractivity contribution in [2.24, 2.45) is 0 Å². The maximum Gasteiger partial charge on any atom is -0.0238 e. The van der Waals surface area contributed by atoms with E-state index in [2.05, 4.69) is 60.7 Å². The summed E-state index contributed by atoms with van der Waals surface area (Å²) >= 11 is 0. The van der Waals surface area contributed by atoms with Crippen molar-refractivity contribution in [1.29, 1.82) is 0 Å². The quantitative estimate of drug-likeness (QED) is 0.713. The van der Waals surface area contributed by atoms with Crippen LogP contribution in [0.1, 0.15) is 11.1 Å². The fourth-order valence-corrected chi connectivity index (χ4v) is 1.58. The van der Waals surface area contributed by atoms with Crippen LogP contribution in [0.4, 0.5) is 4.70 Å². The van der Waals surface area contributed by atoms with Gasteiger partial charge in [0, 0.05) is 0 Å². The van der Waals surface area contributed by atoms with Crippen LogP contribution in [0.2, 0.25) is 0 Å². The van der Waals surface area contributed by atoms with Gasteiger partial charge in [-0.3, -0.25) is 4.70 Å². The molecule has 0 unspecified atom stereocenters. The average Bonchev–Trinajstić information content (AvgIpc) is 2.29. The van der Waals surface area contributed by atoms with Crippen LogP contribution < -0.4 is 0 Å². The Morgan fingerprint density at radius 3 is 1.20 bits per heavy atom. The van der Waals surface area contributed by atoms with Crippen LogP contribution in [0.3, 0.4) is 0 Å². The van der Waals surface area contributed by atoms with E-state index in [0.29, 0.717) is 0 Å². The normalized spacial score (nSPS) is 9.33. The van der Waals surface area contributed by atoms with Gasteiger partial charge in [0.2, 0.25) is 0 Å². The van der Waals surface area contributed by atoms with Crippen molar-refractivity contribution in [3.63, 3.8) is 0 Å². The summed E-state index contributed by atoms with van der Waals surface area (Å²) in [6.45, 7) is 0. The van der Waals surface area contributed by atoms with Gasteiger partial charge >= 0.3 is 0 Å². The first-order chi connectivity index (χ1) is 6.95. The van der Waals surface area contributed by atoms with Gasteiger partial charge in [-0.15, -0.1) is 0 Å². The van der Waals surface area contributed by atoms with Crippen molar-refractivity contribution in [1.82, 2.24) is 0 Å². The van der Waals surface area contributed by atoms with Crippen molar-refractivity contribution in [3.05, 3.63) is 71.8 Å². The topological polar surface area (TPSA) is 0 Å². The number of rotatable bonds is 3. The number of hydrogen-bond acceptors (Lipinski definition) is 0. The minimum Gasteiger partial charge on any atom is -0.269 e. The largest absolute Gasteiger partial charge is 0.269 e. The van der Waals surface area contributed by atoms with Gasteiger partial charge in [0.1, 0.15) is 0 Å². The van der Waals surface area contributed by atoms with E-state index >= 15 is 0 Å². The summed E-state index contributed by atoms with van der Waals surface area (Å²) in [7, 11) is 0. The smallest absolute Gasteiger partial charge is 0.0238 e. The Morgan fingerprint density at radius 2 is 0.867 bits per heavy atom. The minimum atomic E-state index is 0. The molecule has 0 saturated heterocycles. The highest BCUT2D eigenvalue weighted by Crippen LogP contribution is 2.06. The molecule has 1 heteroatoms. The Labute approximate surface area is 89.9 Å². The van der Waals surface area contributed by atoms with Gasteiger partial charge in [-0.1, -0.05) is 60.7 Å². The molecule has 0 aliphatic carbocycles. The van der Waals surface area contributed by atoms with E-state index in [1.54, 1.807) is 0 Å². The molecule has 0 amide bonds. The van der Waals surface area contributed by atoms with E-state index in [1.807, 2.05) is 0 Å². The lowest BCUT2D eigenvalue weighted by Crippen LogP contribution is -1.89. The Kier molecular flexibility index (Phi) is 4.55. The minimum absolute atomic E-state index is 0. The third-order valence-corrected chi connectivity index (χ3v) is 2.39. The van der Waals surface area contributed by atoms with E-state index in [0.717, 1.165) is 12.8 Å².